The van der Waals surface area contributed by atoms with Crippen LogP contribution in [0.4, 0.5) is 0 Å². The lowest BCUT2D eigenvalue weighted by Gasteiger charge is -2.07. The van der Waals surface area contributed by atoms with E-state index in [0.717, 1.165) is 5.69 Å². The zero-order chi connectivity index (χ0) is 9.84. The highest BCUT2D eigenvalue weighted by Crippen LogP contribution is 2.15. The van der Waals surface area contributed by atoms with Crippen molar-refractivity contribution in [1.29, 1.82) is 0 Å². The standard InChI is InChI=1S/C9H11ClN2O/c1-4-13-7(3)9-6(2)12-8(10)5-11-9/h5H,3-4H2,1-2H3. The van der Waals surface area contributed by atoms with Crippen molar-refractivity contribution in [2.24, 2.45) is 0 Å². The molecule has 0 aromatic carbocycles. The number of aromatic nitrogens is 2. The first-order valence-electron chi connectivity index (χ1n) is 3.96. The lowest BCUT2D eigenvalue weighted by Crippen LogP contribution is -1.98. The van der Waals surface area contributed by atoms with Crippen molar-refractivity contribution in [3.05, 3.63) is 29.3 Å². The van der Waals surface area contributed by atoms with Crippen LogP contribution in [-0.2, 0) is 4.74 Å². The molecule has 0 radical (unpaired) electrons. The lowest BCUT2D eigenvalue weighted by molar-refractivity contribution is 0.297. The summed E-state index contributed by atoms with van der Waals surface area (Å²) in [6.45, 7) is 8.02. The highest BCUT2D eigenvalue weighted by Gasteiger charge is 2.06. The van der Waals surface area contributed by atoms with E-state index >= 15 is 0 Å². The van der Waals surface area contributed by atoms with Crippen LogP contribution in [0.15, 0.2) is 12.8 Å². The molecule has 1 rings (SSSR count). The Morgan fingerprint density at radius 2 is 2.38 bits per heavy atom. The zero-order valence-electron chi connectivity index (χ0n) is 7.67. The van der Waals surface area contributed by atoms with Gasteiger partial charge in [-0.3, -0.25) is 0 Å². The van der Waals surface area contributed by atoms with E-state index in [2.05, 4.69) is 16.5 Å². The molecule has 3 nitrogen and oxygen atoms in total. The Labute approximate surface area is 82.4 Å². The molecule has 0 aliphatic rings. The van der Waals surface area contributed by atoms with Crippen LogP contribution in [0.5, 0.6) is 0 Å². The van der Waals surface area contributed by atoms with Crippen molar-refractivity contribution < 1.29 is 4.74 Å². The van der Waals surface area contributed by atoms with Gasteiger partial charge < -0.3 is 4.74 Å². The van der Waals surface area contributed by atoms with Crippen molar-refractivity contribution in [3.63, 3.8) is 0 Å². The van der Waals surface area contributed by atoms with Gasteiger partial charge in [0.25, 0.3) is 0 Å². The van der Waals surface area contributed by atoms with Crippen LogP contribution in [0.1, 0.15) is 18.3 Å². The fourth-order valence-corrected chi connectivity index (χ4v) is 1.15. The number of nitrogens with zero attached hydrogens (tertiary/aromatic N) is 2. The molecule has 1 aromatic heterocycles. The van der Waals surface area contributed by atoms with Crippen molar-refractivity contribution in [3.8, 4) is 0 Å². The van der Waals surface area contributed by atoms with Gasteiger partial charge in [0, 0.05) is 0 Å². The van der Waals surface area contributed by atoms with Crippen molar-refractivity contribution in [2.45, 2.75) is 13.8 Å². The minimum atomic E-state index is 0.380. The molecule has 1 heterocycles. The molecule has 0 atom stereocenters. The summed E-state index contributed by atoms with van der Waals surface area (Å²) in [5.74, 6) is 0.532. The molecule has 0 bridgehead atoms. The Kier molecular flexibility index (Phi) is 3.25. The minimum absolute atomic E-state index is 0.380. The fourth-order valence-electron chi connectivity index (χ4n) is 0.970. The van der Waals surface area contributed by atoms with Gasteiger partial charge >= 0.3 is 0 Å². The molecule has 0 saturated carbocycles. The number of hydrogen-bond donors (Lipinski definition) is 0. The molecule has 0 unspecified atom stereocenters. The van der Waals surface area contributed by atoms with Gasteiger partial charge in [0.2, 0.25) is 0 Å². The van der Waals surface area contributed by atoms with E-state index in [1.165, 1.54) is 6.20 Å². The van der Waals surface area contributed by atoms with Gasteiger partial charge in [0.1, 0.15) is 16.6 Å². The predicted octanol–water partition coefficient (Wildman–Crippen LogP) is 2.45. The summed E-state index contributed by atoms with van der Waals surface area (Å²) in [5.41, 5.74) is 1.39. The Bertz CT molecular complexity index is 325. The van der Waals surface area contributed by atoms with E-state index in [4.69, 9.17) is 16.3 Å². The highest BCUT2D eigenvalue weighted by atomic mass is 35.5. The summed E-state index contributed by atoms with van der Waals surface area (Å²) in [4.78, 5) is 8.12. The van der Waals surface area contributed by atoms with E-state index in [9.17, 15) is 0 Å². The molecule has 0 N–H and O–H groups in total. The number of aryl methyl sites for hydroxylation is 1. The van der Waals surface area contributed by atoms with Crippen LogP contribution >= 0.6 is 11.6 Å². The smallest absolute Gasteiger partial charge is 0.147 e. The molecule has 0 fully saturated rings. The van der Waals surface area contributed by atoms with E-state index < -0.39 is 0 Å². The summed E-state index contributed by atoms with van der Waals surface area (Å²) in [5, 5.41) is 0.380. The third kappa shape index (κ3) is 2.42. The molecule has 0 aliphatic heterocycles. The summed E-state index contributed by atoms with van der Waals surface area (Å²) >= 11 is 5.65. The highest BCUT2D eigenvalue weighted by molar-refractivity contribution is 6.29. The predicted molar refractivity (Wildman–Crippen MR) is 52.4 cm³/mol. The fraction of sp³-hybridized carbons (Fsp3) is 0.333. The van der Waals surface area contributed by atoms with Crippen LogP contribution in [0.2, 0.25) is 5.15 Å². The first-order chi connectivity index (χ1) is 6.15. The number of rotatable bonds is 3. The van der Waals surface area contributed by atoms with Crippen LogP contribution in [0.25, 0.3) is 5.76 Å². The normalized spacial score (nSPS) is 9.77. The molecule has 70 valence electrons. The molecular weight excluding hydrogens is 188 g/mol. The van der Waals surface area contributed by atoms with Crippen molar-refractivity contribution in [1.82, 2.24) is 9.97 Å². The molecule has 0 aliphatic carbocycles. The molecule has 4 heteroatoms. The van der Waals surface area contributed by atoms with Crippen LogP contribution in [0.3, 0.4) is 0 Å². The average molecular weight is 199 g/mol. The first-order valence-corrected chi connectivity index (χ1v) is 4.34. The molecule has 13 heavy (non-hydrogen) atoms. The maximum atomic E-state index is 5.65. The third-order valence-electron chi connectivity index (χ3n) is 1.50. The molecule has 1 aromatic rings. The van der Waals surface area contributed by atoms with Gasteiger partial charge in [-0.15, -0.1) is 0 Å². The maximum absolute atomic E-state index is 5.65. The van der Waals surface area contributed by atoms with Crippen LogP contribution in [0, 0.1) is 6.92 Å². The minimum Gasteiger partial charge on any atom is -0.492 e. The van der Waals surface area contributed by atoms with Gasteiger partial charge in [0.15, 0.2) is 0 Å². The second kappa shape index (κ2) is 4.23. The van der Waals surface area contributed by atoms with E-state index in [1.54, 1.807) is 0 Å². The Balaban J connectivity index is 2.95. The third-order valence-corrected chi connectivity index (χ3v) is 1.68. The molecule has 0 amide bonds. The second-order valence-electron chi connectivity index (χ2n) is 2.48. The van der Waals surface area contributed by atoms with Gasteiger partial charge in [-0.05, 0) is 13.8 Å². The summed E-state index contributed by atoms with van der Waals surface area (Å²) in [7, 11) is 0. The Morgan fingerprint density at radius 3 is 2.92 bits per heavy atom. The van der Waals surface area contributed by atoms with Gasteiger partial charge in [-0.1, -0.05) is 18.2 Å². The Hall–Kier alpha value is -1.09. The van der Waals surface area contributed by atoms with E-state index in [0.29, 0.717) is 23.2 Å². The monoisotopic (exact) mass is 198 g/mol. The SMILES string of the molecule is C=C(OCC)c1ncc(Cl)nc1C. The summed E-state index contributed by atoms with van der Waals surface area (Å²) in [6, 6.07) is 0. The zero-order valence-corrected chi connectivity index (χ0v) is 8.43. The van der Waals surface area contributed by atoms with Crippen molar-refractivity contribution >= 4 is 17.4 Å². The van der Waals surface area contributed by atoms with Gasteiger partial charge in [0.05, 0.1) is 18.5 Å². The van der Waals surface area contributed by atoms with Crippen LogP contribution < -0.4 is 0 Å². The van der Waals surface area contributed by atoms with Gasteiger partial charge in [-0.2, -0.15) is 0 Å². The lowest BCUT2D eigenvalue weighted by atomic mass is 10.3. The maximum Gasteiger partial charge on any atom is 0.147 e. The summed E-state index contributed by atoms with van der Waals surface area (Å²) in [6.07, 6.45) is 1.48. The number of hydrogen-bond acceptors (Lipinski definition) is 3. The van der Waals surface area contributed by atoms with Gasteiger partial charge in [-0.25, -0.2) is 9.97 Å². The molecule has 0 spiro atoms. The average Bonchev–Trinajstić information content (AvgIpc) is 2.04. The van der Waals surface area contributed by atoms with Crippen LogP contribution in [-0.4, -0.2) is 16.6 Å². The van der Waals surface area contributed by atoms with E-state index in [1.807, 2.05) is 13.8 Å². The second-order valence-corrected chi connectivity index (χ2v) is 2.87. The topological polar surface area (TPSA) is 35.0 Å². The van der Waals surface area contributed by atoms with E-state index in [-0.39, 0.29) is 0 Å². The summed E-state index contributed by atoms with van der Waals surface area (Å²) < 4.78 is 5.21. The number of ether oxygens (including phenoxy) is 1. The number of halogens is 1. The Morgan fingerprint density at radius 1 is 1.69 bits per heavy atom. The molecule has 0 saturated heterocycles. The van der Waals surface area contributed by atoms with Crippen molar-refractivity contribution in [2.75, 3.05) is 6.61 Å². The molecular formula is C9H11ClN2O. The largest absolute Gasteiger partial charge is 0.492 e. The first kappa shape index (κ1) is 9.99. The quantitative estimate of drug-likeness (QED) is 0.700.